The average molecular weight is 1050 g/mol. The first-order valence-corrected chi connectivity index (χ1v) is 32.8. The average Bonchev–Trinajstić information content (AvgIpc) is 3.32. The van der Waals surface area contributed by atoms with Gasteiger partial charge in [-0.15, -0.1) is 0 Å². The standard InChI is InChI=1S/C61H112INO4/c1-4-7-10-13-16-19-22-25-28-31-33-36-39-42-45-48-51-56-54-57(52-49-46-43-40-37-34-32-29-26-23-20-17-14-11-8-5-2)60(62(66)67)58(55-56)61(65)63-59(64)53-50-47-44-41-38-35-30-27-24-21-18-15-12-9-6-3/h54-55H,4-53H2,1-3H3,(H,63,64,65). The number of amides is 2. The minimum atomic E-state index is -4.02. The highest BCUT2D eigenvalue weighted by atomic mass is 127. The molecule has 5 nitrogen and oxygen atoms in total. The number of hydrogen-bond acceptors (Lipinski definition) is 4. The van der Waals surface area contributed by atoms with Crippen molar-refractivity contribution in [1.29, 1.82) is 0 Å². The van der Waals surface area contributed by atoms with E-state index in [-0.39, 0.29) is 15.0 Å². The zero-order valence-corrected chi connectivity index (χ0v) is 47.2. The summed E-state index contributed by atoms with van der Waals surface area (Å²) < 4.78 is 26.1. The van der Waals surface area contributed by atoms with E-state index in [1.54, 1.807) is 6.07 Å². The van der Waals surface area contributed by atoms with E-state index in [0.29, 0.717) is 12.8 Å². The number of aryl methyl sites for hydroxylation is 2. The molecule has 0 aliphatic carbocycles. The largest absolute Gasteiger partial charge is 0.341 e. The minimum absolute atomic E-state index is 0.209. The lowest BCUT2D eigenvalue weighted by molar-refractivity contribution is -0.120. The molecule has 1 N–H and O–H groups in total. The Kier molecular flexibility index (Phi) is 47.2. The molecule has 0 heterocycles. The van der Waals surface area contributed by atoms with Crippen LogP contribution in [0.15, 0.2) is 12.1 Å². The molecule has 1 aromatic carbocycles. The van der Waals surface area contributed by atoms with Gasteiger partial charge in [-0.3, -0.25) is 14.9 Å². The lowest BCUT2D eigenvalue weighted by Crippen LogP contribution is -2.31. The second-order valence-electron chi connectivity index (χ2n) is 21.0. The normalized spacial score (nSPS) is 11.6. The Labute approximate surface area is 424 Å². The molecule has 0 bridgehead atoms. The van der Waals surface area contributed by atoms with E-state index in [2.05, 4.69) is 32.2 Å². The van der Waals surface area contributed by atoms with Crippen molar-refractivity contribution >= 4 is 31.6 Å². The predicted octanol–water partition coefficient (Wildman–Crippen LogP) is 21.2. The molecule has 0 atom stereocenters. The molecule has 0 spiro atoms. The van der Waals surface area contributed by atoms with Crippen molar-refractivity contribution in [3.63, 3.8) is 0 Å². The Morgan fingerprint density at radius 3 is 0.925 bits per heavy atom. The first kappa shape index (κ1) is 63.7. The van der Waals surface area contributed by atoms with Gasteiger partial charge in [-0.05, 0) is 49.3 Å². The lowest BCUT2D eigenvalue weighted by atomic mass is 9.96. The van der Waals surface area contributed by atoms with Crippen LogP contribution in [0, 0.1) is 3.57 Å². The minimum Gasteiger partial charge on any atom is -0.292 e. The van der Waals surface area contributed by atoms with Gasteiger partial charge in [0.1, 0.15) is 0 Å². The van der Waals surface area contributed by atoms with E-state index >= 15 is 0 Å². The molecule has 0 saturated carbocycles. The molecule has 6 heteroatoms. The smallest absolute Gasteiger partial charge is 0.292 e. The molecule has 67 heavy (non-hydrogen) atoms. The highest BCUT2D eigenvalue weighted by Crippen LogP contribution is 2.30. The molecular formula is C61H112INO4. The van der Waals surface area contributed by atoms with Crippen molar-refractivity contribution in [2.24, 2.45) is 0 Å². The van der Waals surface area contributed by atoms with Gasteiger partial charge in [0.05, 0.1) is 9.13 Å². The third-order valence-corrected chi connectivity index (χ3v) is 16.6. The molecule has 0 unspecified atom stereocenters. The number of nitrogens with one attached hydrogen (secondary N) is 1. The van der Waals surface area contributed by atoms with Gasteiger partial charge in [-0.1, -0.05) is 309 Å². The van der Waals surface area contributed by atoms with Crippen molar-refractivity contribution < 1.29 is 15.7 Å². The Hall–Kier alpha value is -1.31. The topological polar surface area (TPSA) is 80.3 Å². The van der Waals surface area contributed by atoms with Gasteiger partial charge in [0, 0.05) is 6.42 Å². The van der Waals surface area contributed by atoms with Gasteiger partial charge in [0.25, 0.3) is 5.91 Å². The van der Waals surface area contributed by atoms with Crippen molar-refractivity contribution in [2.75, 3.05) is 0 Å². The quantitative estimate of drug-likeness (QED) is 0.0521. The van der Waals surface area contributed by atoms with Crippen LogP contribution in [0.3, 0.4) is 0 Å². The maximum Gasteiger partial charge on any atom is 0.341 e. The summed E-state index contributed by atoms with van der Waals surface area (Å²) in [6, 6.07) is 3.88. The van der Waals surface area contributed by atoms with Crippen molar-refractivity contribution in [1.82, 2.24) is 5.32 Å². The molecule has 0 radical (unpaired) electrons. The van der Waals surface area contributed by atoms with E-state index in [0.717, 1.165) is 62.5 Å². The number of rotatable bonds is 52. The third kappa shape index (κ3) is 40.0. The third-order valence-electron chi connectivity index (χ3n) is 14.5. The van der Waals surface area contributed by atoms with E-state index in [1.165, 1.54) is 257 Å². The second-order valence-corrected chi connectivity index (χ2v) is 23.3. The highest BCUT2D eigenvalue weighted by Gasteiger charge is 2.22. The monoisotopic (exact) mass is 1050 g/mol. The number of halogens is 1. The van der Waals surface area contributed by atoms with Gasteiger partial charge >= 0.3 is 19.8 Å². The molecule has 0 aliphatic heterocycles. The summed E-state index contributed by atoms with van der Waals surface area (Å²) in [5.41, 5.74) is 2.05. The van der Waals surface area contributed by atoms with Crippen LogP contribution < -0.4 is 5.32 Å². The Morgan fingerprint density at radius 1 is 0.358 bits per heavy atom. The molecule has 392 valence electrons. The maximum absolute atomic E-state index is 13.7. The molecule has 0 fully saturated rings. The van der Waals surface area contributed by atoms with Crippen LogP contribution in [0.1, 0.15) is 350 Å². The fourth-order valence-corrected chi connectivity index (χ4v) is 11.9. The van der Waals surface area contributed by atoms with Crippen LogP contribution in [0.2, 0.25) is 0 Å². The van der Waals surface area contributed by atoms with Crippen molar-refractivity contribution in [2.45, 2.75) is 342 Å². The van der Waals surface area contributed by atoms with Gasteiger partial charge in [0.2, 0.25) is 5.91 Å². The summed E-state index contributed by atoms with van der Waals surface area (Å²) >= 11 is -4.02. The fraction of sp³-hybridized carbons (Fsp3) is 0.869. The summed E-state index contributed by atoms with van der Waals surface area (Å²) in [5.74, 6) is -0.817. The number of imide groups is 1. The Balaban J connectivity index is 2.56. The molecule has 1 rings (SSSR count). The summed E-state index contributed by atoms with van der Waals surface area (Å²) in [5, 5.41) is 2.61. The van der Waals surface area contributed by atoms with Crippen LogP contribution in [0.25, 0.3) is 0 Å². The maximum atomic E-state index is 13.7. The SMILES string of the molecule is CCCCCCCCCCCCCCCCCCc1cc(CCCCCCCCCCCCCCCCCC)c(I(=O)=O)c(C(=O)NC(=O)CCCCCCCCCCCCCCCCC)c1. The van der Waals surface area contributed by atoms with Gasteiger partial charge in [-0.25, -0.2) is 6.14 Å². The zero-order valence-electron chi connectivity index (χ0n) is 45.0. The molecule has 2 amide bonds. The zero-order chi connectivity index (χ0) is 48.5. The Morgan fingerprint density at radius 2 is 0.627 bits per heavy atom. The first-order chi connectivity index (χ1) is 32.9. The predicted molar refractivity (Wildman–Crippen MR) is 299 cm³/mol. The van der Waals surface area contributed by atoms with Gasteiger partial charge < -0.3 is 0 Å². The van der Waals surface area contributed by atoms with Crippen LogP contribution in [-0.4, -0.2) is 11.8 Å². The number of carbonyl (C=O) groups is 2. The Bertz CT molecular complexity index is 1330. The van der Waals surface area contributed by atoms with Crippen LogP contribution in [0.5, 0.6) is 0 Å². The highest BCUT2D eigenvalue weighted by molar-refractivity contribution is 14.2. The number of carbonyl (C=O) groups excluding carboxylic acids is 2. The van der Waals surface area contributed by atoms with Gasteiger partial charge in [-0.2, -0.15) is 0 Å². The summed E-state index contributed by atoms with van der Waals surface area (Å²) in [4.78, 5) is 26.7. The molecule has 1 aromatic rings. The van der Waals surface area contributed by atoms with E-state index in [9.17, 15) is 15.7 Å². The van der Waals surface area contributed by atoms with Crippen molar-refractivity contribution in [3.8, 4) is 0 Å². The van der Waals surface area contributed by atoms with Crippen LogP contribution >= 0.6 is 19.8 Å². The summed E-state index contributed by atoms with van der Waals surface area (Å²) in [7, 11) is 0. The van der Waals surface area contributed by atoms with Crippen LogP contribution in [0.4, 0.5) is 0 Å². The number of benzene rings is 1. The molecule has 0 aromatic heterocycles. The number of unbranched alkanes of at least 4 members (excludes halogenated alkanes) is 44. The van der Waals surface area contributed by atoms with E-state index in [4.69, 9.17) is 0 Å². The second kappa shape index (κ2) is 49.7. The lowest BCUT2D eigenvalue weighted by Gasteiger charge is -2.14. The van der Waals surface area contributed by atoms with Crippen LogP contribution in [-0.2, 0) is 23.8 Å². The molecular weight excluding hydrogens is 938 g/mol. The van der Waals surface area contributed by atoms with Crippen molar-refractivity contribution in [3.05, 3.63) is 32.4 Å². The molecule has 0 aliphatic rings. The van der Waals surface area contributed by atoms with E-state index < -0.39 is 25.7 Å². The first-order valence-electron chi connectivity index (χ1n) is 30.0. The summed E-state index contributed by atoms with van der Waals surface area (Å²) in [6.07, 6.45) is 62.9. The van der Waals surface area contributed by atoms with Gasteiger partial charge in [0.15, 0.2) is 0 Å². The number of hydrogen-bond donors (Lipinski definition) is 1. The molecule has 0 saturated heterocycles. The fourth-order valence-electron chi connectivity index (χ4n) is 10.1. The summed E-state index contributed by atoms with van der Waals surface area (Å²) in [6.45, 7) is 6.84. The van der Waals surface area contributed by atoms with E-state index in [1.807, 2.05) is 0 Å².